The summed E-state index contributed by atoms with van der Waals surface area (Å²) in [6.07, 6.45) is 2.99. The SMILES string of the molecule is Cc1ccc(-c2csc(NC(=O)C=Cc3c(Cl)cccc3Cl)n2)cc1C. The number of nitrogens with one attached hydrogen (secondary N) is 1. The molecule has 0 radical (unpaired) electrons. The van der Waals surface area contributed by atoms with Crippen molar-refractivity contribution in [2.24, 2.45) is 0 Å². The van der Waals surface area contributed by atoms with Crippen LogP contribution in [0.3, 0.4) is 0 Å². The number of benzene rings is 2. The maximum atomic E-state index is 12.1. The molecule has 0 aliphatic rings. The Morgan fingerprint density at radius 3 is 2.54 bits per heavy atom. The molecule has 3 rings (SSSR count). The standard InChI is InChI=1S/C20H16Cl2N2OS/c1-12-6-7-14(10-13(12)2)18-11-26-20(23-18)24-19(25)9-8-15-16(21)4-3-5-17(15)22/h3-11H,1-2H3,(H,23,24,25). The molecule has 0 saturated heterocycles. The van der Waals surface area contributed by atoms with Crippen molar-refractivity contribution in [3.63, 3.8) is 0 Å². The predicted molar refractivity (Wildman–Crippen MR) is 111 cm³/mol. The number of aromatic nitrogens is 1. The Kier molecular flexibility index (Phi) is 5.77. The molecular formula is C20H16Cl2N2OS. The van der Waals surface area contributed by atoms with E-state index in [0.717, 1.165) is 11.3 Å². The average Bonchev–Trinajstić information content (AvgIpc) is 3.05. The molecule has 26 heavy (non-hydrogen) atoms. The van der Waals surface area contributed by atoms with E-state index in [1.807, 2.05) is 11.4 Å². The Morgan fingerprint density at radius 1 is 1.12 bits per heavy atom. The van der Waals surface area contributed by atoms with Gasteiger partial charge in [0.1, 0.15) is 0 Å². The smallest absolute Gasteiger partial charge is 0.250 e. The van der Waals surface area contributed by atoms with Crippen LogP contribution in [0.5, 0.6) is 0 Å². The van der Waals surface area contributed by atoms with E-state index >= 15 is 0 Å². The fourth-order valence-corrected chi connectivity index (χ4v) is 3.59. The second-order valence-electron chi connectivity index (χ2n) is 5.79. The summed E-state index contributed by atoms with van der Waals surface area (Å²) in [6, 6.07) is 11.4. The first-order chi connectivity index (χ1) is 12.4. The zero-order valence-corrected chi connectivity index (χ0v) is 16.5. The van der Waals surface area contributed by atoms with E-state index in [2.05, 4.69) is 36.3 Å². The van der Waals surface area contributed by atoms with Crippen LogP contribution in [0.25, 0.3) is 17.3 Å². The zero-order chi connectivity index (χ0) is 18.7. The first kappa shape index (κ1) is 18.6. The predicted octanol–water partition coefficient (Wildman–Crippen LogP) is 6.39. The largest absolute Gasteiger partial charge is 0.298 e. The van der Waals surface area contributed by atoms with Gasteiger partial charge in [-0.3, -0.25) is 10.1 Å². The molecule has 0 fully saturated rings. The molecule has 1 amide bonds. The number of aryl methyl sites for hydroxylation is 2. The Balaban J connectivity index is 1.71. The second-order valence-corrected chi connectivity index (χ2v) is 7.47. The molecule has 0 spiro atoms. The van der Waals surface area contributed by atoms with E-state index in [-0.39, 0.29) is 5.91 Å². The Morgan fingerprint density at radius 2 is 1.85 bits per heavy atom. The number of hydrogen-bond donors (Lipinski definition) is 1. The molecular weight excluding hydrogens is 387 g/mol. The van der Waals surface area contributed by atoms with Crippen molar-refractivity contribution in [3.8, 4) is 11.3 Å². The quantitative estimate of drug-likeness (QED) is 0.513. The number of nitrogens with zero attached hydrogens (tertiary/aromatic N) is 1. The lowest BCUT2D eigenvalue weighted by Crippen LogP contribution is -2.07. The molecule has 0 saturated carbocycles. The normalized spacial score (nSPS) is 11.1. The van der Waals surface area contributed by atoms with Gasteiger partial charge in [0, 0.05) is 32.6 Å². The van der Waals surface area contributed by atoms with Gasteiger partial charge in [-0.2, -0.15) is 0 Å². The number of anilines is 1. The first-order valence-corrected chi connectivity index (χ1v) is 9.54. The number of amides is 1. The lowest BCUT2D eigenvalue weighted by Gasteiger charge is -2.02. The third-order valence-electron chi connectivity index (χ3n) is 3.94. The molecule has 0 atom stereocenters. The fourth-order valence-electron chi connectivity index (χ4n) is 2.34. The van der Waals surface area contributed by atoms with E-state index in [1.165, 1.54) is 28.5 Å². The summed E-state index contributed by atoms with van der Waals surface area (Å²) in [4.78, 5) is 16.6. The van der Waals surface area contributed by atoms with Gasteiger partial charge >= 0.3 is 0 Å². The van der Waals surface area contributed by atoms with Crippen LogP contribution in [0.15, 0.2) is 47.9 Å². The van der Waals surface area contributed by atoms with Crippen LogP contribution < -0.4 is 5.32 Å². The number of carbonyl (C=O) groups is 1. The van der Waals surface area contributed by atoms with Crippen LogP contribution in [-0.4, -0.2) is 10.9 Å². The molecule has 1 heterocycles. The molecule has 0 unspecified atom stereocenters. The summed E-state index contributed by atoms with van der Waals surface area (Å²) in [5.41, 5.74) is 4.93. The van der Waals surface area contributed by atoms with Gasteiger partial charge in [0.2, 0.25) is 5.91 Å². The van der Waals surface area contributed by atoms with Gasteiger partial charge in [0.05, 0.1) is 5.69 Å². The van der Waals surface area contributed by atoms with E-state index < -0.39 is 0 Å². The minimum Gasteiger partial charge on any atom is -0.298 e. The summed E-state index contributed by atoms with van der Waals surface area (Å²) in [5, 5.41) is 6.21. The van der Waals surface area contributed by atoms with Gasteiger partial charge in [0.15, 0.2) is 5.13 Å². The van der Waals surface area contributed by atoms with E-state index in [4.69, 9.17) is 23.2 Å². The van der Waals surface area contributed by atoms with Crippen molar-refractivity contribution in [2.75, 3.05) is 5.32 Å². The Bertz CT molecular complexity index is 975. The Hall–Kier alpha value is -2.14. The maximum Gasteiger partial charge on any atom is 0.250 e. The monoisotopic (exact) mass is 402 g/mol. The highest BCUT2D eigenvalue weighted by Crippen LogP contribution is 2.27. The van der Waals surface area contributed by atoms with Crippen LogP contribution in [-0.2, 0) is 4.79 Å². The third kappa shape index (κ3) is 4.33. The molecule has 3 aromatic rings. The number of carbonyl (C=O) groups excluding carboxylic acids is 1. The first-order valence-electron chi connectivity index (χ1n) is 7.90. The molecule has 6 heteroatoms. The average molecular weight is 403 g/mol. The molecule has 0 aliphatic carbocycles. The number of hydrogen-bond acceptors (Lipinski definition) is 3. The van der Waals surface area contributed by atoms with Crippen molar-refractivity contribution in [3.05, 3.63) is 74.6 Å². The summed E-state index contributed by atoms with van der Waals surface area (Å²) >= 11 is 13.6. The van der Waals surface area contributed by atoms with Crippen LogP contribution in [0, 0.1) is 13.8 Å². The van der Waals surface area contributed by atoms with E-state index in [1.54, 1.807) is 24.3 Å². The molecule has 0 bridgehead atoms. The topological polar surface area (TPSA) is 42.0 Å². The number of thiazole rings is 1. The van der Waals surface area contributed by atoms with Gasteiger partial charge < -0.3 is 0 Å². The second kappa shape index (κ2) is 8.04. The summed E-state index contributed by atoms with van der Waals surface area (Å²) in [5.74, 6) is -0.290. The molecule has 0 aliphatic heterocycles. The third-order valence-corrected chi connectivity index (χ3v) is 5.35. The lowest BCUT2D eigenvalue weighted by atomic mass is 10.1. The number of halogens is 2. The number of rotatable bonds is 4. The summed E-state index contributed by atoms with van der Waals surface area (Å²) in [6.45, 7) is 4.14. The van der Waals surface area contributed by atoms with Crippen LogP contribution in [0.4, 0.5) is 5.13 Å². The van der Waals surface area contributed by atoms with Gasteiger partial charge in [-0.1, -0.05) is 41.4 Å². The highest BCUT2D eigenvalue weighted by molar-refractivity contribution is 7.14. The minimum absolute atomic E-state index is 0.290. The van der Waals surface area contributed by atoms with Crippen molar-refractivity contribution < 1.29 is 4.79 Å². The lowest BCUT2D eigenvalue weighted by molar-refractivity contribution is -0.111. The van der Waals surface area contributed by atoms with Crippen LogP contribution in [0.2, 0.25) is 10.0 Å². The van der Waals surface area contributed by atoms with Crippen molar-refractivity contribution >= 4 is 51.7 Å². The van der Waals surface area contributed by atoms with Crippen molar-refractivity contribution in [1.82, 2.24) is 4.98 Å². The van der Waals surface area contributed by atoms with Gasteiger partial charge in [-0.05, 0) is 49.2 Å². The molecule has 3 nitrogen and oxygen atoms in total. The fraction of sp³-hybridized carbons (Fsp3) is 0.100. The van der Waals surface area contributed by atoms with Gasteiger partial charge in [0.25, 0.3) is 0 Å². The van der Waals surface area contributed by atoms with Crippen molar-refractivity contribution in [2.45, 2.75) is 13.8 Å². The van der Waals surface area contributed by atoms with Gasteiger partial charge in [-0.15, -0.1) is 11.3 Å². The molecule has 1 aromatic heterocycles. The van der Waals surface area contributed by atoms with Crippen molar-refractivity contribution in [1.29, 1.82) is 0 Å². The highest BCUT2D eigenvalue weighted by atomic mass is 35.5. The molecule has 132 valence electrons. The minimum atomic E-state index is -0.290. The highest BCUT2D eigenvalue weighted by Gasteiger charge is 2.08. The molecule has 1 N–H and O–H groups in total. The maximum absolute atomic E-state index is 12.1. The zero-order valence-electron chi connectivity index (χ0n) is 14.2. The summed E-state index contributed by atoms with van der Waals surface area (Å²) < 4.78 is 0. The molecule has 2 aromatic carbocycles. The summed E-state index contributed by atoms with van der Waals surface area (Å²) in [7, 11) is 0. The van der Waals surface area contributed by atoms with Gasteiger partial charge in [-0.25, -0.2) is 4.98 Å². The van der Waals surface area contributed by atoms with Crippen LogP contribution >= 0.6 is 34.5 Å². The van der Waals surface area contributed by atoms with Crippen LogP contribution in [0.1, 0.15) is 16.7 Å². The van der Waals surface area contributed by atoms with E-state index in [0.29, 0.717) is 20.7 Å². The van der Waals surface area contributed by atoms with E-state index in [9.17, 15) is 4.79 Å². The Labute approximate surface area is 166 Å².